The Morgan fingerprint density at radius 3 is 2.18 bits per heavy atom. The summed E-state index contributed by atoms with van der Waals surface area (Å²) in [6, 6.07) is 0. The maximum Gasteiger partial charge on any atom is 0.00339 e. The molecule has 0 aromatic heterocycles. The van der Waals surface area contributed by atoms with Gasteiger partial charge in [0.15, 0.2) is 0 Å². The first-order valence-corrected chi connectivity index (χ1v) is 6.03. The molecule has 2 rings (SSSR count). The Kier molecular flexibility index (Phi) is 2.27. The average Bonchev–Trinajstić information content (AvgIpc) is 2.76. The molecule has 0 heterocycles. The third kappa shape index (κ3) is 1.80. The molecular weight excluding hydrogens is 200 g/mol. The summed E-state index contributed by atoms with van der Waals surface area (Å²) in [6.45, 7) is 0. The third-order valence-corrected chi connectivity index (χ3v) is 4.10. The Labute approximate surface area is 77.9 Å². The Hall–Kier alpha value is 0.480. The topological polar surface area (TPSA) is 0 Å². The first-order valence-electron chi connectivity index (χ1n) is 4.91. The third-order valence-electron chi connectivity index (χ3n) is 3.64. The van der Waals surface area contributed by atoms with E-state index in [0.29, 0.717) is 0 Å². The fraction of sp³-hybridized carbons (Fsp3) is 1.00. The minimum absolute atomic E-state index is 0.892. The van der Waals surface area contributed by atoms with Crippen LogP contribution in [0.4, 0.5) is 0 Å². The fourth-order valence-electron chi connectivity index (χ4n) is 2.41. The SMILES string of the molecule is BrCCC1CCC2(CC1)CC2. The van der Waals surface area contributed by atoms with Gasteiger partial charge >= 0.3 is 0 Å². The number of hydrogen-bond donors (Lipinski definition) is 0. The van der Waals surface area contributed by atoms with Crippen molar-refractivity contribution in [2.75, 3.05) is 5.33 Å². The summed E-state index contributed by atoms with van der Waals surface area (Å²) in [6.07, 6.45) is 10.6. The molecule has 2 aliphatic rings. The zero-order valence-corrected chi connectivity index (χ0v) is 8.70. The summed E-state index contributed by atoms with van der Waals surface area (Å²) < 4.78 is 0. The molecule has 0 saturated heterocycles. The highest BCUT2D eigenvalue weighted by atomic mass is 79.9. The molecule has 0 atom stereocenters. The summed E-state index contributed by atoms with van der Waals surface area (Å²) in [5, 5.41) is 1.21. The van der Waals surface area contributed by atoms with Gasteiger partial charge in [0, 0.05) is 5.33 Å². The average molecular weight is 217 g/mol. The van der Waals surface area contributed by atoms with Crippen molar-refractivity contribution in [3.63, 3.8) is 0 Å². The molecule has 64 valence electrons. The monoisotopic (exact) mass is 216 g/mol. The van der Waals surface area contributed by atoms with E-state index in [-0.39, 0.29) is 0 Å². The Balaban J connectivity index is 1.75. The first kappa shape index (κ1) is 8.10. The van der Waals surface area contributed by atoms with E-state index in [4.69, 9.17) is 0 Å². The van der Waals surface area contributed by atoms with Gasteiger partial charge in [0.05, 0.1) is 0 Å². The van der Waals surface area contributed by atoms with Crippen molar-refractivity contribution < 1.29 is 0 Å². The number of rotatable bonds is 2. The molecule has 0 N–H and O–H groups in total. The maximum atomic E-state index is 3.53. The van der Waals surface area contributed by atoms with E-state index in [0.717, 1.165) is 11.3 Å². The molecule has 1 spiro atoms. The zero-order chi connectivity index (χ0) is 7.73. The second-order valence-electron chi connectivity index (χ2n) is 4.42. The molecule has 0 aromatic carbocycles. The van der Waals surface area contributed by atoms with Crippen molar-refractivity contribution in [2.45, 2.75) is 44.9 Å². The van der Waals surface area contributed by atoms with E-state index in [2.05, 4.69) is 15.9 Å². The van der Waals surface area contributed by atoms with Gasteiger partial charge in [-0.1, -0.05) is 15.9 Å². The highest BCUT2D eigenvalue weighted by molar-refractivity contribution is 9.09. The van der Waals surface area contributed by atoms with Crippen molar-refractivity contribution in [3.8, 4) is 0 Å². The highest BCUT2D eigenvalue weighted by Crippen LogP contribution is 2.57. The molecule has 0 bridgehead atoms. The first-order chi connectivity index (χ1) is 5.35. The summed E-state index contributed by atoms with van der Waals surface area (Å²) >= 11 is 3.53. The second kappa shape index (κ2) is 3.08. The van der Waals surface area contributed by atoms with Crippen LogP contribution >= 0.6 is 15.9 Å². The van der Waals surface area contributed by atoms with E-state index >= 15 is 0 Å². The largest absolute Gasteiger partial charge is 0.0928 e. The molecule has 0 amide bonds. The molecule has 0 aliphatic heterocycles. The van der Waals surface area contributed by atoms with Crippen molar-refractivity contribution in [2.24, 2.45) is 11.3 Å². The van der Waals surface area contributed by atoms with Crippen LogP contribution < -0.4 is 0 Å². The summed E-state index contributed by atoms with van der Waals surface area (Å²) in [5.74, 6) is 1.06. The van der Waals surface area contributed by atoms with Crippen LogP contribution in [0.25, 0.3) is 0 Å². The van der Waals surface area contributed by atoms with Gasteiger partial charge in [0.2, 0.25) is 0 Å². The lowest BCUT2D eigenvalue weighted by atomic mass is 9.79. The zero-order valence-electron chi connectivity index (χ0n) is 7.11. The summed E-state index contributed by atoms with van der Waals surface area (Å²) in [5.41, 5.74) is 0.892. The van der Waals surface area contributed by atoms with E-state index in [1.54, 1.807) is 25.7 Å². The Bertz CT molecular complexity index is 128. The number of halogens is 1. The van der Waals surface area contributed by atoms with Crippen LogP contribution in [0.15, 0.2) is 0 Å². The minimum Gasteiger partial charge on any atom is -0.0928 e. The van der Waals surface area contributed by atoms with Crippen LogP contribution in [-0.4, -0.2) is 5.33 Å². The minimum atomic E-state index is 0.892. The lowest BCUT2D eigenvalue weighted by Gasteiger charge is -2.27. The Morgan fingerprint density at radius 1 is 1.09 bits per heavy atom. The van der Waals surface area contributed by atoms with Gasteiger partial charge in [-0.15, -0.1) is 0 Å². The van der Waals surface area contributed by atoms with E-state index in [1.165, 1.54) is 24.6 Å². The van der Waals surface area contributed by atoms with Gasteiger partial charge in [0.25, 0.3) is 0 Å². The summed E-state index contributed by atoms with van der Waals surface area (Å²) in [7, 11) is 0. The second-order valence-corrected chi connectivity index (χ2v) is 5.21. The van der Waals surface area contributed by atoms with Gasteiger partial charge in [0.1, 0.15) is 0 Å². The molecule has 1 heteroatoms. The van der Waals surface area contributed by atoms with Crippen LogP contribution in [0.2, 0.25) is 0 Å². The van der Waals surface area contributed by atoms with Gasteiger partial charge in [-0.3, -0.25) is 0 Å². The highest BCUT2D eigenvalue weighted by Gasteiger charge is 2.44. The molecule has 2 fully saturated rings. The van der Waals surface area contributed by atoms with Crippen LogP contribution in [0.5, 0.6) is 0 Å². The van der Waals surface area contributed by atoms with Gasteiger partial charge in [-0.25, -0.2) is 0 Å². The van der Waals surface area contributed by atoms with E-state index in [9.17, 15) is 0 Å². The normalized spacial score (nSPS) is 29.2. The van der Waals surface area contributed by atoms with Gasteiger partial charge in [-0.2, -0.15) is 0 Å². The van der Waals surface area contributed by atoms with Crippen LogP contribution in [0.3, 0.4) is 0 Å². The molecule has 0 radical (unpaired) electrons. The molecule has 2 saturated carbocycles. The fourth-order valence-corrected chi connectivity index (χ4v) is 3.06. The Morgan fingerprint density at radius 2 is 1.73 bits per heavy atom. The molecule has 0 unspecified atom stereocenters. The lowest BCUT2D eigenvalue weighted by molar-refractivity contribution is 0.253. The molecule has 11 heavy (non-hydrogen) atoms. The van der Waals surface area contributed by atoms with Gasteiger partial charge in [-0.05, 0) is 56.3 Å². The molecule has 2 aliphatic carbocycles. The maximum absolute atomic E-state index is 3.53. The standard InChI is InChI=1S/C10H17Br/c11-8-3-9-1-4-10(5-2-9)6-7-10/h9H,1-8H2. The van der Waals surface area contributed by atoms with Crippen LogP contribution in [0.1, 0.15) is 44.9 Å². The van der Waals surface area contributed by atoms with Crippen molar-refractivity contribution in [1.82, 2.24) is 0 Å². The van der Waals surface area contributed by atoms with Gasteiger partial charge < -0.3 is 0 Å². The predicted octanol–water partition coefficient (Wildman–Crippen LogP) is 3.74. The quantitative estimate of drug-likeness (QED) is 0.618. The van der Waals surface area contributed by atoms with E-state index in [1.807, 2.05) is 0 Å². The molecular formula is C10H17Br. The number of hydrogen-bond acceptors (Lipinski definition) is 0. The molecule has 0 nitrogen and oxygen atoms in total. The smallest absolute Gasteiger partial charge is 0.00339 e. The number of alkyl halides is 1. The van der Waals surface area contributed by atoms with E-state index < -0.39 is 0 Å². The van der Waals surface area contributed by atoms with Crippen molar-refractivity contribution >= 4 is 15.9 Å². The van der Waals surface area contributed by atoms with Crippen molar-refractivity contribution in [3.05, 3.63) is 0 Å². The van der Waals surface area contributed by atoms with Crippen molar-refractivity contribution in [1.29, 1.82) is 0 Å². The predicted molar refractivity (Wildman–Crippen MR) is 52.0 cm³/mol. The van der Waals surface area contributed by atoms with Crippen LogP contribution in [-0.2, 0) is 0 Å². The molecule has 0 aromatic rings. The lowest BCUT2D eigenvalue weighted by Crippen LogP contribution is -2.15. The summed E-state index contributed by atoms with van der Waals surface area (Å²) in [4.78, 5) is 0. The van der Waals surface area contributed by atoms with Crippen LogP contribution in [0, 0.1) is 11.3 Å².